The molecule has 29 heavy (non-hydrogen) atoms. The largest absolute Gasteiger partial charge is 0.482 e. The number of amides is 1. The molecule has 0 spiro atoms. The number of hydrogen-bond donors (Lipinski definition) is 1. The van der Waals surface area contributed by atoms with E-state index < -0.39 is 11.9 Å². The van der Waals surface area contributed by atoms with Crippen molar-refractivity contribution in [3.63, 3.8) is 0 Å². The molecule has 0 unspecified atom stereocenters. The molecule has 7 nitrogen and oxygen atoms in total. The lowest BCUT2D eigenvalue weighted by atomic mass is 10.1. The van der Waals surface area contributed by atoms with Crippen LogP contribution in [0.15, 0.2) is 54.1 Å². The van der Waals surface area contributed by atoms with E-state index in [2.05, 4.69) is 5.32 Å². The van der Waals surface area contributed by atoms with Crippen LogP contribution in [0.25, 0.3) is 6.08 Å². The number of nitrogens with zero attached hydrogens (tertiary/aromatic N) is 1. The maximum Gasteiger partial charge on any atom is 0.349 e. The summed E-state index contributed by atoms with van der Waals surface area (Å²) in [5, 5.41) is 12.3. The number of halogens is 1. The molecule has 0 aliphatic rings. The van der Waals surface area contributed by atoms with Gasteiger partial charge in [0.2, 0.25) is 0 Å². The molecule has 2 rings (SSSR count). The van der Waals surface area contributed by atoms with Gasteiger partial charge >= 0.3 is 5.97 Å². The van der Waals surface area contributed by atoms with Gasteiger partial charge in [0.15, 0.2) is 6.61 Å². The Morgan fingerprint density at radius 2 is 1.76 bits per heavy atom. The van der Waals surface area contributed by atoms with E-state index in [0.29, 0.717) is 35.2 Å². The predicted molar refractivity (Wildman–Crippen MR) is 107 cm³/mol. The third-order valence-electron chi connectivity index (χ3n) is 3.55. The molecule has 2 aromatic carbocycles. The molecular formula is C21H19ClN2O5. The second-order valence-corrected chi connectivity index (χ2v) is 6.14. The highest BCUT2D eigenvalue weighted by atomic mass is 35.5. The van der Waals surface area contributed by atoms with Crippen LogP contribution in [-0.2, 0) is 14.3 Å². The van der Waals surface area contributed by atoms with E-state index in [0.717, 1.165) is 0 Å². The van der Waals surface area contributed by atoms with Crippen molar-refractivity contribution < 1.29 is 23.8 Å². The van der Waals surface area contributed by atoms with E-state index in [1.165, 1.54) is 13.2 Å². The average molecular weight is 415 g/mol. The summed E-state index contributed by atoms with van der Waals surface area (Å²) in [7, 11) is 1.52. The minimum atomic E-state index is -0.571. The Morgan fingerprint density at radius 3 is 2.38 bits per heavy atom. The van der Waals surface area contributed by atoms with Crippen molar-refractivity contribution in [2.45, 2.75) is 0 Å². The first-order valence-corrected chi connectivity index (χ1v) is 8.97. The molecule has 0 radical (unpaired) electrons. The summed E-state index contributed by atoms with van der Waals surface area (Å²) in [6.07, 6.45) is 1.44. The molecule has 0 saturated heterocycles. The third kappa shape index (κ3) is 7.66. The van der Waals surface area contributed by atoms with Gasteiger partial charge in [-0.1, -0.05) is 23.7 Å². The highest BCUT2D eigenvalue weighted by molar-refractivity contribution is 6.30. The summed E-state index contributed by atoms with van der Waals surface area (Å²) < 4.78 is 15.4. The Morgan fingerprint density at radius 1 is 1.10 bits per heavy atom. The van der Waals surface area contributed by atoms with Crippen LogP contribution in [0.3, 0.4) is 0 Å². The Labute approximate surface area is 173 Å². The summed E-state index contributed by atoms with van der Waals surface area (Å²) in [5.74, 6) is -0.243. The van der Waals surface area contributed by atoms with Crippen molar-refractivity contribution in [1.29, 1.82) is 5.26 Å². The highest BCUT2D eigenvalue weighted by Gasteiger charge is 2.09. The van der Waals surface area contributed by atoms with E-state index in [1.54, 1.807) is 48.5 Å². The SMILES string of the molecule is COCCNC(=O)/C(C#N)=C/c1ccc(OC(=O)COc2ccc(Cl)cc2)cc1. The van der Waals surface area contributed by atoms with Crippen LogP contribution in [0.5, 0.6) is 11.5 Å². The van der Waals surface area contributed by atoms with Crippen LogP contribution in [0, 0.1) is 11.3 Å². The van der Waals surface area contributed by atoms with Gasteiger partial charge in [-0.3, -0.25) is 4.79 Å². The zero-order valence-electron chi connectivity index (χ0n) is 15.7. The van der Waals surface area contributed by atoms with E-state index in [1.807, 2.05) is 6.07 Å². The van der Waals surface area contributed by atoms with Crippen molar-refractivity contribution in [2.24, 2.45) is 0 Å². The molecule has 0 aliphatic carbocycles. The zero-order valence-corrected chi connectivity index (χ0v) is 16.4. The standard InChI is InChI=1S/C21H19ClN2O5/c1-27-11-10-24-21(26)16(13-23)12-15-2-6-19(7-3-15)29-20(25)14-28-18-8-4-17(22)5-9-18/h2-9,12H,10-11,14H2,1H3,(H,24,26)/b16-12+. The number of nitriles is 1. The van der Waals surface area contributed by atoms with E-state index in [-0.39, 0.29) is 12.2 Å². The number of nitrogens with one attached hydrogen (secondary N) is 1. The monoisotopic (exact) mass is 414 g/mol. The molecule has 0 bridgehead atoms. The van der Waals surface area contributed by atoms with Gasteiger partial charge in [-0.2, -0.15) is 5.26 Å². The average Bonchev–Trinajstić information content (AvgIpc) is 2.73. The van der Waals surface area contributed by atoms with E-state index >= 15 is 0 Å². The topological polar surface area (TPSA) is 97.6 Å². The maximum absolute atomic E-state index is 11.9. The number of benzene rings is 2. The van der Waals surface area contributed by atoms with Gasteiger partial charge in [0.05, 0.1) is 6.61 Å². The number of ether oxygens (including phenoxy) is 3. The molecule has 0 heterocycles. The lowest BCUT2D eigenvalue weighted by molar-refractivity contribution is -0.136. The fourth-order valence-corrected chi connectivity index (χ4v) is 2.27. The van der Waals surface area contributed by atoms with Gasteiger partial charge in [0.1, 0.15) is 23.1 Å². The lowest BCUT2D eigenvalue weighted by Crippen LogP contribution is -2.27. The predicted octanol–water partition coefficient (Wildman–Crippen LogP) is 2.99. The summed E-state index contributed by atoms with van der Waals surface area (Å²) in [6.45, 7) is 0.400. The minimum Gasteiger partial charge on any atom is -0.482 e. The number of esters is 1. The first-order valence-electron chi connectivity index (χ1n) is 8.60. The summed E-state index contributed by atoms with van der Waals surface area (Å²) >= 11 is 5.78. The smallest absolute Gasteiger partial charge is 0.349 e. The Hall–Kier alpha value is -3.34. The first kappa shape index (κ1) is 22.0. The minimum absolute atomic E-state index is 0.0396. The molecule has 0 fully saturated rings. The van der Waals surface area contributed by atoms with Crippen LogP contribution >= 0.6 is 11.6 Å². The second kappa shape index (κ2) is 11.5. The highest BCUT2D eigenvalue weighted by Crippen LogP contribution is 2.17. The van der Waals surface area contributed by atoms with Crippen molar-refractivity contribution in [3.05, 3.63) is 64.7 Å². The zero-order chi connectivity index (χ0) is 21.1. The van der Waals surface area contributed by atoms with Crippen LogP contribution in [0.1, 0.15) is 5.56 Å². The molecular weight excluding hydrogens is 396 g/mol. The van der Waals surface area contributed by atoms with E-state index in [9.17, 15) is 9.59 Å². The second-order valence-electron chi connectivity index (χ2n) is 5.70. The van der Waals surface area contributed by atoms with E-state index in [4.69, 9.17) is 31.1 Å². The summed E-state index contributed by atoms with van der Waals surface area (Å²) in [6, 6.07) is 14.8. The molecule has 0 atom stereocenters. The van der Waals surface area contributed by atoms with Gasteiger partial charge in [0, 0.05) is 18.7 Å². The van der Waals surface area contributed by atoms with Gasteiger partial charge in [-0.25, -0.2) is 4.79 Å². The van der Waals surface area contributed by atoms with Gasteiger partial charge in [-0.05, 0) is 48.0 Å². The molecule has 1 amide bonds. The van der Waals surface area contributed by atoms with Crippen molar-refractivity contribution in [1.82, 2.24) is 5.32 Å². The number of methoxy groups -OCH3 is 1. The van der Waals surface area contributed by atoms with Crippen molar-refractivity contribution >= 4 is 29.6 Å². The van der Waals surface area contributed by atoms with Gasteiger partial charge in [-0.15, -0.1) is 0 Å². The summed E-state index contributed by atoms with van der Waals surface area (Å²) in [4.78, 5) is 23.8. The molecule has 2 aromatic rings. The maximum atomic E-state index is 11.9. The number of rotatable bonds is 9. The fourth-order valence-electron chi connectivity index (χ4n) is 2.14. The van der Waals surface area contributed by atoms with Crippen LogP contribution in [0.2, 0.25) is 5.02 Å². The quantitative estimate of drug-likeness (QED) is 0.223. The molecule has 0 aromatic heterocycles. The van der Waals surface area contributed by atoms with Crippen LogP contribution < -0.4 is 14.8 Å². The van der Waals surface area contributed by atoms with Crippen molar-refractivity contribution in [3.8, 4) is 17.6 Å². The van der Waals surface area contributed by atoms with Crippen molar-refractivity contribution in [2.75, 3.05) is 26.9 Å². The molecule has 150 valence electrons. The molecule has 1 N–H and O–H groups in total. The van der Waals surface area contributed by atoms with Gasteiger partial charge in [0.25, 0.3) is 5.91 Å². The van der Waals surface area contributed by atoms with Crippen LogP contribution in [0.4, 0.5) is 0 Å². The first-order chi connectivity index (χ1) is 14.0. The van der Waals surface area contributed by atoms with Crippen LogP contribution in [-0.4, -0.2) is 38.7 Å². The number of carbonyl (C=O) groups excluding carboxylic acids is 2. The van der Waals surface area contributed by atoms with Gasteiger partial charge < -0.3 is 19.5 Å². The molecule has 0 saturated carbocycles. The summed E-state index contributed by atoms with van der Waals surface area (Å²) in [5.41, 5.74) is 0.572. The Balaban J connectivity index is 1.89. The normalized spacial score (nSPS) is 10.7. The Bertz CT molecular complexity index is 902. The fraction of sp³-hybridized carbons (Fsp3) is 0.190. The molecule has 0 aliphatic heterocycles. The number of carbonyl (C=O) groups is 2. The lowest BCUT2D eigenvalue weighted by Gasteiger charge is -2.07. The third-order valence-corrected chi connectivity index (χ3v) is 3.80. The Kier molecular flexibility index (Phi) is 8.70. The number of hydrogen-bond acceptors (Lipinski definition) is 6. The molecule has 8 heteroatoms.